The third-order valence-corrected chi connectivity index (χ3v) is 4.02. The van der Waals surface area contributed by atoms with Gasteiger partial charge >= 0.3 is 0 Å². The van der Waals surface area contributed by atoms with Crippen LogP contribution in [0, 0.1) is 5.92 Å². The summed E-state index contributed by atoms with van der Waals surface area (Å²) in [5, 5.41) is 0. The van der Waals surface area contributed by atoms with E-state index in [0.717, 1.165) is 37.2 Å². The average Bonchev–Trinajstić information content (AvgIpc) is 2.47. The summed E-state index contributed by atoms with van der Waals surface area (Å²) in [5.74, 6) is 3.19. The van der Waals surface area contributed by atoms with Crippen molar-refractivity contribution in [2.24, 2.45) is 5.92 Å². The van der Waals surface area contributed by atoms with Crippen LogP contribution in [0.15, 0.2) is 0 Å². The lowest BCUT2D eigenvalue weighted by Gasteiger charge is -2.36. The molecule has 2 heterocycles. The SMILES string of the molecule is COC1CN(c2nc(C(C)C)nc(N(C)C)n2)CCC1C. The third kappa shape index (κ3) is 3.61. The first-order valence-electron chi connectivity index (χ1n) is 7.63. The molecular weight excluding hydrogens is 266 g/mol. The van der Waals surface area contributed by atoms with Gasteiger partial charge < -0.3 is 14.5 Å². The van der Waals surface area contributed by atoms with Gasteiger partial charge in [0.2, 0.25) is 11.9 Å². The van der Waals surface area contributed by atoms with Gasteiger partial charge in [-0.05, 0) is 12.3 Å². The maximum Gasteiger partial charge on any atom is 0.230 e. The zero-order valence-corrected chi connectivity index (χ0v) is 14.0. The summed E-state index contributed by atoms with van der Waals surface area (Å²) in [4.78, 5) is 17.9. The summed E-state index contributed by atoms with van der Waals surface area (Å²) in [6, 6.07) is 0. The van der Waals surface area contributed by atoms with Crippen molar-refractivity contribution in [3.63, 3.8) is 0 Å². The number of piperidine rings is 1. The molecule has 1 aliphatic rings. The number of anilines is 2. The molecule has 1 aromatic heterocycles. The summed E-state index contributed by atoms with van der Waals surface area (Å²) in [6.45, 7) is 8.26. The molecule has 118 valence electrons. The zero-order valence-electron chi connectivity index (χ0n) is 14.0. The lowest BCUT2D eigenvalue weighted by Crippen LogP contribution is -2.44. The second-order valence-corrected chi connectivity index (χ2v) is 6.33. The van der Waals surface area contributed by atoms with E-state index in [0.29, 0.717) is 5.92 Å². The molecule has 0 aliphatic carbocycles. The number of ether oxygens (including phenoxy) is 1. The molecule has 1 aromatic rings. The Morgan fingerprint density at radius 1 is 1.24 bits per heavy atom. The van der Waals surface area contributed by atoms with E-state index in [2.05, 4.69) is 40.6 Å². The molecule has 2 unspecified atom stereocenters. The Morgan fingerprint density at radius 3 is 2.52 bits per heavy atom. The molecule has 6 heteroatoms. The van der Waals surface area contributed by atoms with Crippen LogP contribution in [-0.2, 0) is 4.74 Å². The number of hydrogen-bond donors (Lipinski definition) is 0. The summed E-state index contributed by atoms with van der Waals surface area (Å²) >= 11 is 0. The first kappa shape index (κ1) is 15.9. The molecule has 2 atom stereocenters. The predicted octanol–water partition coefficient (Wildman–Crippen LogP) is 1.92. The predicted molar refractivity (Wildman–Crippen MR) is 85.0 cm³/mol. The number of hydrogen-bond acceptors (Lipinski definition) is 6. The number of aromatic nitrogens is 3. The fraction of sp³-hybridized carbons (Fsp3) is 0.800. The molecule has 0 aromatic carbocycles. The maximum absolute atomic E-state index is 5.59. The van der Waals surface area contributed by atoms with Crippen molar-refractivity contribution < 1.29 is 4.74 Å². The van der Waals surface area contributed by atoms with Gasteiger partial charge in [0.25, 0.3) is 0 Å². The highest BCUT2D eigenvalue weighted by Crippen LogP contribution is 2.24. The van der Waals surface area contributed by atoms with Crippen LogP contribution in [0.2, 0.25) is 0 Å². The molecule has 0 amide bonds. The van der Waals surface area contributed by atoms with E-state index < -0.39 is 0 Å². The van der Waals surface area contributed by atoms with Crippen LogP contribution >= 0.6 is 0 Å². The fourth-order valence-corrected chi connectivity index (χ4v) is 2.49. The van der Waals surface area contributed by atoms with Crippen molar-refractivity contribution in [1.82, 2.24) is 15.0 Å². The molecule has 0 radical (unpaired) electrons. The smallest absolute Gasteiger partial charge is 0.230 e. The quantitative estimate of drug-likeness (QED) is 0.845. The number of methoxy groups -OCH3 is 1. The zero-order chi connectivity index (χ0) is 15.6. The van der Waals surface area contributed by atoms with Crippen molar-refractivity contribution in [1.29, 1.82) is 0 Å². The molecule has 0 saturated carbocycles. The van der Waals surface area contributed by atoms with Gasteiger partial charge in [0.05, 0.1) is 6.10 Å². The van der Waals surface area contributed by atoms with Gasteiger partial charge in [-0.3, -0.25) is 0 Å². The van der Waals surface area contributed by atoms with Crippen LogP contribution in [-0.4, -0.2) is 55.4 Å². The van der Waals surface area contributed by atoms with Crippen molar-refractivity contribution in [3.8, 4) is 0 Å². The summed E-state index contributed by atoms with van der Waals surface area (Å²) in [5.41, 5.74) is 0. The lowest BCUT2D eigenvalue weighted by molar-refractivity contribution is 0.0494. The molecule has 0 N–H and O–H groups in total. The highest BCUT2D eigenvalue weighted by atomic mass is 16.5. The average molecular weight is 293 g/mol. The van der Waals surface area contributed by atoms with Crippen molar-refractivity contribution >= 4 is 11.9 Å². The van der Waals surface area contributed by atoms with Crippen molar-refractivity contribution in [2.45, 2.75) is 39.2 Å². The summed E-state index contributed by atoms with van der Waals surface area (Å²) in [7, 11) is 5.70. The van der Waals surface area contributed by atoms with E-state index in [1.165, 1.54) is 0 Å². The van der Waals surface area contributed by atoms with Crippen molar-refractivity contribution in [2.75, 3.05) is 44.1 Å². The molecule has 1 fully saturated rings. The molecule has 0 bridgehead atoms. The Balaban J connectivity index is 2.30. The van der Waals surface area contributed by atoms with E-state index in [1.54, 1.807) is 7.11 Å². The van der Waals surface area contributed by atoms with Crippen LogP contribution in [0.3, 0.4) is 0 Å². The van der Waals surface area contributed by atoms with Gasteiger partial charge in [-0.25, -0.2) is 0 Å². The standard InChI is InChI=1S/C15H27N5O/c1-10(2)13-16-14(19(4)5)18-15(17-13)20-8-7-11(3)12(9-20)21-6/h10-12H,7-9H2,1-6H3. The van der Waals surface area contributed by atoms with E-state index >= 15 is 0 Å². The van der Waals surface area contributed by atoms with Gasteiger partial charge in [0.1, 0.15) is 5.82 Å². The second-order valence-electron chi connectivity index (χ2n) is 6.33. The molecule has 0 spiro atoms. The van der Waals surface area contributed by atoms with Gasteiger partial charge in [0.15, 0.2) is 0 Å². The lowest BCUT2D eigenvalue weighted by atomic mass is 9.96. The second kappa shape index (κ2) is 6.56. The van der Waals surface area contributed by atoms with Gasteiger partial charge in [-0.1, -0.05) is 20.8 Å². The molecule has 21 heavy (non-hydrogen) atoms. The number of nitrogens with zero attached hydrogens (tertiary/aromatic N) is 5. The Bertz CT molecular complexity index is 451. The Kier molecular flexibility index (Phi) is 4.98. The molecule has 2 rings (SSSR count). The minimum atomic E-state index is 0.237. The Morgan fingerprint density at radius 2 is 1.95 bits per heavy atom. The summed E-state index contributed by atoms with van der Waals surface area (Å²) in [6.07, 6.45) is 1.33. The Hall–Kier alpha value is -1.43. The van der Waals surface area contributed by atoms with Crippen LogP contribution in [0.1, 0.15) is 38.9 Å². The summed E-state index contributed by atoms with van der Waals surface area (Å²) < 4.78 is 5.59. The van der Waals surface area contributed by atoms with E-state index in [9.17, 15) is 0 Å². The minimum absolute atomic E-state index is 0.237. The van der Waals surface area contributed by atoms with Crippen LogP contribution in [0.25, 0.3) is 0 Å². The molecule has 1 aliphatic heterocycles. The molecular formula is C15H27N5O. The third-order valence-electron chi connectivity index (χ3n) is 4.02. The van der Waals surface area contributed by atoms with E-state index in [4.69, 9.17) is 4.74 Å². The van der Waals surface area contributed by atoms with Gasteiger partial charge in [-0.15, -0.1) is 0 Å². The maximum atomic E-state index is 5.59. The Labute approximate surface area is 127 Å². The van der Waals surface area contributed by atoms with Crippen LogP contribution in [0.5, 0.6) is 0 Å². The van der Waals surface area contributed by atoms with E-state index in [1.807, 2.05) is 19.0 Å². The monoisotopic (exact) mass is 293 g/mol. The highest BCUT2D eigenvalue weighted by Gasteiger charge is 2.28. The molecule has 1 saturated heterocycles. The van der Waals surface area contributed by atoms with Gasteiger partial charge in [0, 0.05) is 40.2 Å². The fourth-order valence-electron chi connectivity index (χ4n) is 2.49. The number of rotatable bonds is 4. The minimum Gasteiger partial charge on any atom is -0.379 e. The van der Waals surface area contributed by atoms with E-state index in [-0.39, 0.29) is 12.0 Å². The topological polar surface area (TPSA) is 54.4 Å². The normalized spacial score (nSPS) is 22.7. The first-order chi connectivity index (χ1) is 9.92. The molecule has 6 nitrogen and oxygen atoms in total. The first-order valence-corrected chi connectivity index (χ1v) is 7.63. The van der Waals surface area contributed by atoms with Crippen LogP contribution < -0.4 is 9.80 Å². The largest absolute Gasteiger partial charge is 0.379 e. The van der Waals surface area contributed by atoms with Crippen molar-refractivity contribution in [3.05, 3.63) is 5.82 Å². The van der Waals surface area contributed by atoms with Crippen LogP contribution in [0.4, 0.5) is 11.9 Å². The van der Waals surface area contributed by atoms with Gasteiger partial charge in [-0.2, -0.15) is 15.0 Å². The highest BCUT2D eigenvalue weighted by molar-refractivity contribution is 5.39.